The predicted octanol–water partition coefficient (Wildman–Crippen LogP) is 2.82. The molecule has 1 amide bonds. The minimum atomic E-state index is -0.893. The van der Waals surface area contributed by atoms with Gasteiger partial charge in [0, 0.05) is 29.8 Å². The quantitative estimate of drug-likeness (QED) is 0.683. The molecule has 2 atom stereocenters. The molecule has 1 heterocycles. The van der Waals surface area contributed by atoms with E-state index in [1.54, 1.807) is 0 Å². The summed E-state index contributed by atoms with van der Waals surface area (Å²) in [5, 5.41) is 20.8. The van der Waals surface area contributed by atoms with Crippen LogP contribution in [-0.2, 0) is 0 Å². The molecule has 25 heavy (non-hydrogen) atoms. The highest BCUT2D eigenvalue weighted by Gasteiger charge is 2.37. The average Bonchev–Trinajstić information content (AvgIpc) is 2.98. The number of likely N-dealkylation sites (tertiary alicyclic amines) is 1. The van der Waals surface area contributed by atoms with E-state index in [4.69, 9.17) is 0 Å². The van der Waals surface area contributed by atoms with E-state index in [2.05, 4.69) is 0 Å². The van der Waals surface area contributed by atoms with Crippen molar-refractivity contribution in [3.63, 3.8) is 0 Å². The van der Waals surface area contributed by atoms with Gasteiger partial charge in [-0.15, -0.1) is 0 Å². The molecule has 0 radical (unpaired) electrons. The highest BCUT2D eigenvalue weighted by molar-refractivity contribution is 5.95. The molecule has 2 aromatic carbocycles. The highest BCUT2D eigenvalue weighted by Crippen LogP contribution is 2.35. The van der Waals surface area contributed by atoms with Crippen LogP contribution in [0.3, 0.4) is 0 Å². The molecule has 0 saturated carbocycles. The van der Waals surface area contributed by atoms with Gasteiger partial charge in [-0.2, -0.15) is 0 Å². The molecule has 1 aliphatic heterocycles. The number of nitro groups is 1. The number of rotatable bonds is 3. The van der Waals surface area contributed by atoms with E-state index in [9.17, 15) is 28.8 Å². The first-order chi connectivity index (χ1) is 11.9. The molecule has 130 valence electrons. The van der Waals surface area contributed by atoms with Gasteiger partial charge >= 0.3 is 0 Å². The lowest BCUT2D eigenvalue weighted by molar-refractivity contribution is -0.384. The van der Waals surface area contributed by atoms with E-state index in [1.807, 2.05) is 0 Å². The van der Waals surface area contributed by atoms with E-state index in [-0.39, 0.29) is 29.8 Å². The third kappa shape index (κ3) is 3.34. The summed E-state index contributed by atoms with van der Waals surface area (Å²) in [7, 11) is 0. The zero-order valence-corrected chi connectivity index (χ0v) is 12.9. The summed E-state index contributed by atoms with van der Waals surface area (Å²) < 4.78 is 27.6. The number of hydrogen-bond donors (Lipinski definition) is 1. The van der Waals surface area contributed by atoms with E-state index in [0.717, 1.165) is 24.3 Å². The largest absolute Gasteiger partial charge is 0.391 e. The first-order valence-corrected chi connectivity index (χ1v) is 7.55. The van der Waals surface area contributed by atoms with Crippen LogP contribution in [0.15, 0.2) is 42.5 Å². The van der Waals surface area contributed by atoms with Gasteiger partial charge in [0.05, 0.1) is 17.1 Å². The molecule has 1 fully saturated rings. The van der Waals surface area contributed by atoms with E-state index >= 15 is 0 Å². The van der Waals surface area contributed by atoms with Gasteiger partial charge in [0.1, 0.15) is 11.6 Å². The molecular formula is C17H14F2N2O4. The SMILES string of the molecule is O=C(c1cccc([N+](=O)[O-])c1)N1C[C@@H](O)C[C@H]1c1cc(F)ccc1F. The second kappa shape index (κ2) is 6.56. The zero-order valence-electron chi connectivity index (χ0n) is 12.9. The number of nitro benzene ring substituents is 1. The zero-order chi connectivity index (χ0) is 18.1. The first kappa shape index (κ1) is 17.0. The topological polar surface area (TPSA) is 83.7 Å². The fourth-order valence-corrected chi connectivity index (χ4v) is 3.02. The van der Waals surface area contributed by atoms with Crippen LogP contribution in [-0.4, -0.2) is 33.5 Å². The van der Waals surface area contributed by atoms with Crippen LogP contribution in [0.25, 0.3) is 0 Å². The number of β-amino-alcohol motifs (C(OH)–C–C–N with tert-alkyl or cyclic N) is 1. The fraction of sp³-hybridized carbons (Fsp3) is 0.235. The van der Waals surface area contributed by atoms with Crippen LogP contribution in [0.5, 0.6) is 0 Å². The smallest absolute Gasteiger partial charge is 0.270 e. The minimum absolute atomic E-state index is 0.0321. The lowest BCUT2D eigenvalue weighted by Crippen LogP contribution is -2.32. The van der Waals surface area contributed by atoms with Crippen LogP contribution >= 0.6 is 0 Å². The Balaban J connectivity index is 1.96. The van der Waals surface area contributed by atoms with Gasteiger partial charge in [0.25, 0.3) is 11.6 Å². The Morgan fingerprint density at radius 1 is 1.24 bits per heavy atom. The molecule has 2 aromatic rings. The van der Waals surface area contributed by atoms with Crippen LogP contribution in [0.4, 0.5) is 14.5 Å². The summed E-state index contributed by atoms with van der Waals surface area (Å²) in [6, 6.07) is 7.21. The van der Waals surface area contributed by atoms with E-state index < -0.39 is 34.6 Å². The number of nitrogens with zero attached hydrogens (tertiary/aromatic N) is 2. The number of aliphatic hydroxyl groups excluding tert-OH is 1. The van der Waals surface area contributed by atoms with Gasteiger partial charge in [0.15, 0.2) is 0 Å². The van der Waals surface area contributed by atoms with Crippen molar-refractivity contribution in [1.29, 1.82) is 0 Å². The molecule has 1 N–H and O–H groups in total. The molecule has 0 unspecified atom stereocenters. The minimum Gasteiger partial charge on any atom is -0.391 e. The summed E-state index contributed by atoms with van der Waals surface area (Å²) in [6.45, 7) is -0.0673. The van der Waals surface area contributed by atoms with Crippen LogP contribution in [0.1, 0.15) is 28.4 Å². The maximum Gasteiger partial charge on any atom is 0.270 e. The van der Waals surface area contributed by atoms with Gasteiger partial charge in [-0.25, -0.2) is 8.78 Å². The highest BCUT2D eigenvalue weighted by atomic mass is 19.1. The maximum absolute atomic E-state index is 14.1. The van der Waals surface area contributed by atoms with Gasteiger partial charge in [-0.1, -0.05) is 6.07 Å². The van der Waals surface area contributed by atoms with Crippen LogP contribution in [0.2, 0.25) is 0 Å². The van der Waals surface area contributed by atoms with Crippen molar-refractivity contribution in [1.82, 2.24) is 4.90 Å². The molecule has 0 spiro atoms. The number of amides is 1. The summed E-state index contributed by atoms with van der Waals surface area (Å²) >= 11 is 0. The molecule has 0 bridgehead atoms. The monoisotopic (exact) mass is 348 g/mol. The third-order valence-electron chi connectivity index (χ3n) is 4.16. The molecule has 0 aliphatic carbocycles. The number of halogens is 2. The second-order valence-corrected chi connectivity index (χ2v) is 5.84. The van der Waals surface area contributed by atoms with E-state index in [0.29, 0.717) is 0 Å². The standard InChI is InChI=1S/C17H14F2N2O4/c18-11-4-5-15(19)14(7-11)16-8-13(22)9-20(16)17(23)10-2-1-3-12(6-10)21(24)25/h1-7,13,16,22H,8-9H2/t13-,16-/m0/s1. The van der Waals surface area contributed by atoms with Crippen molar-refractivity contribution >= 4 is 11.6 Å². The molecular weight excluding hydrogens is 334 g/mol. The molecule has 6 nitrogen and oxygen atoms in total. The number of hydrogen-bond acceptors (Lipinski definition) is 4. The van der Waals surface area contributed by atoms with Gasteiger partial charge in [0.2, 0.25) is 0 Å². The number of aliphatic hydroxyl groups is 1. The average molecular weight is 348 g/mol. The molecule has 3 rings (SSSR count). The molecule has 8 heteroatoms. The van der Waals surface area contributed by atoms with Crippen molar-refractivity contribution in [2.75, 3.05) is 6.54 Å². The van der Waals surface area contributed by atoms with Gasteiger partial charge < -0.3 is 10.0 Å². The van der Waals surface area contributed by atoms with Crippen LogP contribution < -0.4 is 0 Å². The van der Waals surface area contributed by atoms with Crippen molar-refractivity contribution in [2.45, 2.75) is 18.6 Å². The molecule has 1 aliphatic rings. The normalized spacial score (nSPS) is 19.9. The van der Waals surface area contributed by atoms with Crippen molar-refractivity contribution in [3.05, 3.63) is 75.3 Å². The lowest BCUT2D eigenvalue weighted by Gasteiger charge is -2.25. The number of carbonyl (C=O) groups is 1. The Hall–Kier alpha value is -2.87. The Kier molecular flexibility index (Phi) is 4.45. The predicted molar refractivity (Wildman–Crippen MR) is 83.9 cm³/mol. The van der Waals surface area contributed by atoms with Crippen molar-refractivity contribution < 1.29 is 23.6 Å². The Morgan fingerprint density at radius 2 is 2.00 bits per heavy atom. The molecule has 0 aromatic heterocycles. The second-order valence-electron chi connectivity index (χ2n) is 5.84. The summed E-state index contributed by atoms with van der Waals surface area (Å²) in [6.07, 6.45) is -0.837. The lowest BCUT2D eigenvalue weighted by atomic mass is 10.0. The van der Waals surface area contributed by atoms with Gasteiger partial charge in [-0.3, -0.25) is 14.9 Å². The number of benzene rings is 2. The van der Waals surface area contributed by atoms with Crippen molar-refractivity contribution in [2.24, 2.45) is 0 Å². The van der Waals surface area contributed by atoms with Crippen molar-refractivity contribution in [3.8, 4) is 0 Å². The van der Waals surface area contributed by atoms with Gasteiger partial charge in [-0.05, 0) is 30.7 Å². The Bertz CT molecular complexity index is 843. The Morgan fingerprint density at radius 3 is 2.72 bits per heavy atom. The molecule has 1 saturated heterocycles. The summed E-state index contributed by atoms with van der Waals surface area (Å²) in [5.41, 5.74) is -0.237. The Labute approximate surface area is 141 Å². The van der Waals surface area contributed by atoms with E-state index in [1.165, 1.54) is 23.1 Å². The summed E-state index contributed by atoms with van der Waals surface area (Å²) in [5.74, 6) is -1.92. The fourth-order valence-electron chi connectivity index (χ4n) is 3.02. The number of carbonyl (C=O) groups excluding carboxylic acids is 1. The maximum atomic E-state index is 14.1. The third-order valence-corrected chi connectivity index (χ3v) is 4.16. The number of non-ortho nitro benzene ring substituents is 1. The van der Waals surface area contributed by atoms with Crippen LogP contribution in [0, 0.1) is 21.7 Å². The first-order valence-electron chi connectivity index (χ1n) is 7.55. The summed E-state index contributed by atoms with van der Waals surface area (Å²) in [4.78, 5) is 24.2.